The molecule has 1 fully saturated rings. The summed E-state index contributed by atoms with van der Waals surface area (Å²) in [6.07, 6.45) is 3.26. The molecule has 1 saturated heterocycles. The molecule has 2 rings (SSSR count). The Bertz CT molecular complexity index is 342. The quantitative estimate of drug-likeness (QED) is 0.727. The molecule has 0 spiro atoms. The number of carbonyl (C=O) groups is 1. The lowest BCUT2D eigenvalue weighted by atomic mass is 10.2. The SMILES string of the molecule is NCC1CN(c2cccnc2)C(=O)CO1. The van der Waals surface area contributed by atoms with Gasteiger partial charge >= 0.3 is 0 Å². The molecule has 2 heterocycles. The topological polar surface area (TPSA) is 68.5 Å². The van der Waals surface area contributed by atoms with Crippen LogP contribution in [0.1, 0.15) is 0 Å². The van der Waals surface area contributed by atoms with Crippen LogP contribution in [0.25, 0.3) is 0 Å². The van der Waals surface area contributed by atoms with E-state index in [4.69, 9.17) is 10.5 Å². The lowest BCUT2D eigenvalue weighted by Crippen LogP contribution is -2.49. The standard InChI is InChI=1S/C10H13N3O2/c11-4-9-6-13(10(14)7-15-9)8-2-1-3-12-5-8/h1-3,5,9H,4,6-7,11H2. The maximum atomic E-state index is 11.6. The second kappa shape index (κ2) is 4.37. The summed E-state index contributed by atoms with van der Waals surface area (Å²) in [5, 5.41) is 0. The molecule has 1 atom stereocenters. The molecular weight excluding hydrogens is 194 g/mol. The first-order chi connectivity index (χ1) is 7.31. The number of carbonyl (C=O) groups excluding carboxylic acids is 1. The molecule has 1 aromatic rings. The Balaban J connectivity index is 2.16. The molecule has 0 aliphatic carbocycles. The number of pyridine rings is 1. The molecule has 80 valence electrons. The van der Waals surface area contributed by atoms with Crippen molar-refractivity contribution in [3.8, 4) is 0 Å². The van der Waals surface area contributed by atoms with E-state index in [2.05, 4.69) is 4.98 Å². The predicted molar refractivity (Wildman–Crippen MR) is 55.4 cm³/mol. The third-order valence-corrected chi connectivity index (χ3v) is 2.35. The van der Waals surface area contributed by atoms with Gasteiger partial charge in [-0.25, -0.2) is 0 Å². The molecular formula is C10H13N3O2. The van der Waals surface area contributed by atoms with Crippen molar-refractivity contribution in [1.82, 2.24) is 4.98 Å². The summed E-state index contributed by atoms with van der Waals surface area (Å²) >= 11 is 0. The Labute approximate surface area is 87.8 Å². The molecule has 1 unspecified atom stereocenters. The van der Waals surface area contributed by atoms with Gasteiger partial charge in [0.05, 0.1) is 24.5 Å². The predicted octanol–water partition coefficient (Wildman–Crippen LogP) is -0.228. The summed E-state index contributed by atoms with van der Waals surface area (Å²) in [6, 6.07) is 3.65. The van der Waals surface area contributed by atoms with Crippen molar-refractivity contribution >= 4 is 11.6 Å². The van der Waals surface area contributed by atoms with Gasteiger partial charge in [-0.05, 0) is 12.1 Å². The largest absolute Gasteiger partial charge is 0.365 e. The van der Waals surface area contributed by atoms with Gasteiger partial charge in [-0.1, -0.05) is 0 Å². The number of aromatic nitrogens is 1. The maximum Gasteiger partial charge on any atom is 0.253 e. The van der Waals surface area contributed by atoms with Gasteiger partial charge in [0, 0.05) is 12.7 Å². The number of rotatable bonds is 2. The van der Waals surface area contributed by atoms with Crippen molar-refractivity contribution in [2.45, 2.75) is 6.10 Å². The van der Waals surface area contributed by atoms with Crippen LogP contribution in [0, 0.1) is 0 Å². The highest BCUT2D eigenvalue weighted by Gasteiger charge is 2.26. The van der Waals surface area contributed by atoms with E-state index in [-0.39, 0.29) is 18.6 Å². The Morgan fingerprint density at radius 1 is 1.67 bits per heavy atom. The third-order valence-electron chi connectivity index (χ3n) is 2.35. The van der Waals surface area contributed by atoms with Gasteiger partial charge in [0.2, 0.25) is 0 Å². The minimum Gasteiger partial charge on any atom is -0.365 e. The molecule has 1 aromatic heterocycles. The fourth-order valence-corrected chi connectivity index (χ4v) is 1.53. The average Bonchev–Trinajstić information content (AvgIpc) is 2.31. The zero-order chi connectivity index (χ0) is 10.7. The van der Waals surface area contributed by atoms with Gasteiger partial charge in [-0.2, -0.15) is 0 Å². The number of nitrogens with zero attached hydrogens (tertiary/aromatic N) is 2. The maximum absolute atomic E-state index is 11.6. The summed E-state index contributed by atoms with van der Waals surface area (Å²) in [7, 11) is 0. The zero-order valence-electron chi connectivity index (χ0n) is 8.30. The number of anilines is 1. The van der Waals surface area contributed by atoms with Gasteiger partial charge < -0.3 is 15.4 Å². The molecule has 1 aliphatic heterocycles. The van der Waals surface area contributed by atoms with Crippen LogP contribution >= 0.6 is 0 Å². The molecule has 5 nitrogen and oxygen atoms in total. The number of amides is 1. The third kappa shape index (κ3) is 2.14. The highest BCUT2D eigenvalue weighted by molar-refractivity contribution is 5.94. The molecule has 15 heavy (non-hydrogen) atoms. The fraction of sp³-hybridized carbons (Fsp3) is 0.400. The fourth-order valence-electron chi connectivity index (χ4n) is 1.53. The van der Waals surface area contributed by atoms with Gasteiger partial charge in [-0.3, -0.25) is 9.78 Å². The van der Waals surface area contributed by atoms with Crippen LogP contribution in [-0.4, -0.2) is 36.7 Å². The lowest BCUT2D eigenvalue weighted by Gasteiger charge is -2.31. The molecule has 5 heteroatoms. The van der Waals surface area contributed by atoms with Crippen LogP contribution in [0.15, 0.2) is 24.5 Å². The second-order valence-corrected chi connectivity index (χ2v) is 3.38. The van der Waals surface area contributed by atoms with Gasteiger partial charge in [-0.15, -0.1) is 0 Å². The van der Waals surface area contributed by atoms with Gasteiger partial charge in [0.1, 0.15) is 6.61 Å². The summed E-state index contributed by atoms with van der Waals surface area (Å²) in [5.41, 5.74) is 6.31. The van der Waals surface area contributed by atoms with Gasteiger partial charge in [0.25, 0.3) is 5.91 Å². The summed E-state index contributed by atoms with van der Waals surface area (Å²) < 4.78 is 5.25. The van der Waals surface area contributed by atoms with Crippen molar-refractivity contribution in [3.05, 3.63) is 24.5 Å². The van der Waals surface area contributed by atoms with E-state index >= 15 is 0 Å². The number of nitrogens with two attached hydrogens (primary N) is 1. The molecule has 1 aliphatic rings. The van der Waals surface area contributed by atoms with E-state index in [9.17, 15) is 4.79 Å². The van der Waals surface area contributed by atoms with Crippen LogP contribution in [0.4, 0.5) is 5.69 Å². The molecule has 0 aromatic carbocycles. The molecule has 0 radical (unpaired) electrons. The van der Waals surface area contributed by atoms with E-state index < -0.39 is 0 Å². The number of hydrogen-bond acceptors (Lipinski definition) is 4. The average molecular weight is 207 g/mol. The highest BCUT2D eigenvalue weighted by Crippen LogP contribution is 2.16. The Morgan fingerprint density at radius 3 is 3.20 bits per heavy atom. The first-order valence-electron chi connectivity index (χ1n) is 4.83. The highest BCUT2D eigenvalue weighted by atomic mass is 16.5. The molecule has 0 bridgehead atoms. The van der Waals surface area contributed by atoms with E-state index in [1.165, 1.54) is 0 Å². The Kier molecular flexibility index (Phi) is 2.94. The van der Waals surface area contributed by atoms with E-state index in [0.29, 0.717) is 13.1 Å². The number of hydrogen-bond donors (Lipinski definition) is 1. The van der Waals surface area contributed by atoms with Crippen LogP contribution in [0.2, 0.25) is 0 Å². The van der Waals surface area contributed by atoms with Crippen LogP contribution in [-0.2, 0) is 9.53 Å². The van der Waals surface area contributed by atoms with Crippen molar-refractivity contribution in [2.24, 2.45) is 5.73 Å². The Hall–Kier alpha value is -1.46. The van der Waals surface area contributed by atoms with Crippen LogP contribution < -0.4 is 10.6 Å². The van der Waals surface area contributed by atoms with Crippen molar-refractivity contribution in [1.29, 1.82) is 0 Å². The first-order valence-corrected chi connectivity index (χ1v) is 4.83. The lowest BCUT2D eigenvalue weighted by molar-refractivity contribution is -0.128. The monoisotopic (exact) mass is 207 g/mol. The van der Waals surface area contributed by atoms with Crippen molar-refractivity contribution < 1.29 is 9.53 Å². The molecule has 2 N–H and O–H groups in total. The minimum atomic E-state index is -0.0806. The first kappa shape index (κ1) is 10.1. The van der Waals surface area contributed by atoms with Crippen LogP contribution in [0.3, 0.4) is 0 Å². The normalized spacial score (nSPS) is 21.8. The van der Waals surface area contributed by atoms with E-state index in [1.807, 2.05) is 6.07 Å². The van der Waals surface area contributed by atoms with Crippen LogP contribution in [0.5, 0.6) is 0 Å². The second-order valence-electron chi connectivity index (χ2n) is 3.38. The number of ether oxygens (including phenoxy) is 1. The summed E-state index contributed by atoms with van der Waals surface area (Å²) in [5.74, 6) is -0.0484. The van der Waals surface area contributed by atoms with E-state index in [1.54, 1.807) is 23.4 Å². The van der Waals surface area contributed by atoms with Crippen molar-refractivity contribution in [2.75, 3.05) is 24.6 Å². The molecule has 1 amide bonds. The van der Waals surface area contributed by atoms with Gasteiger partial charge in [0.15, 0.2) is 0 Å². The summed E-state index contributed by atoms with van der Waals surface area (Å²) in [6.45, 7) is 1.02. The zero-order valence-corrected chi connectivity index (χ0v) is 8.30. The van der Waals surface area contributed by atoms with E-state index in [0.717, 1.165) is 5.69 Å². The Morgan fingerprint density at radius 2 is 2.53 bits per heavy atom. The smallest absolute Gasteiger partial charge is 0.253 e. The van der Waals surface area contributed by atoms with Crippen molar-refractivity contribution in [3.63, 3.8) is 0 Å². The summed E-state index contributed by atoms with van der Waals surface area (Å²) in [4.78, 5) is 17.2. The number of morpholine rings is 1. The minimum absolute atomic E-state index is 0.0484. The molecule has 0 saturated carbocycles.